The highest BCUT2D eigenvalue weighted by Crippen LogP contribution is 2.32. The van der Waals surface area contributed by atoms with E-state index in [0.717, 1.165) is 12.8 Å². The van der Waals surface area contributed by atoms with Crippen LogP contribution in [0.2, 0.25) is 0 Å². The van der Waals surface area contributed by atoms with E-state index in [1.54, 1.807) is 7.11 Å². The first-order chi connectivity index (χ1) is 9.86. The van der Waals surface area contributed by atoms with Crippen molar-refractivity contribution in [3.63, 3.8) is 0 Å². The first-order valence-corrected chi connectivity index (χ1v) is 8.99. The monoisotopic (exact) mass is 376 g/mol. The standard InChI is InChI=1S/C14H17BrO5S/c1-20-10-3-2-4-11(8-10)21(18,19)13-7-9(15)5-6-12(13)14(16)17/h5-7,10-11H,2-4,8H2,1H3,(H,16,17). The Morgan fingerprint density at radius 2 is 2.10 bits per heavy atom. The van der Waals surface area contributed by atoms with Crippen molar-refractivity contribution < 1.29 is 23.1 Å². The van der Waals surface area contributed by atoms with Crippen molar-refractivity contribution in [2.75, 3.05) is 7.11 Å². The lowest BCUT2D eigenvalue weighted by Gasteiger charge is -2.28. The van der Waals surface area contributed by atoms with Crippen LogP contribution in [0.25, 0.3) is 0 Å². The third kappa shape index (κ3) is 3.46. The second-order valence-corrected chi connectivity index (χ2v) is 8.25. The van der Waals surface area contributed by atoms with Gasteiger partial charge in [-0.15, -0.1) is 0 Å². The van der Waals surface area contributed by atoms with Crippen molar-refractivity contribution >= 4 is 31.7 Å². The molecule has 0 aliphatic heterocycles. The summed E-state index contributed by atoms with van der Waals surface area (Å²) in [5.74, 6) is -1.24. The number of halogens is 1. The van der Waals surface area contributed by atoms with Gasteiger partial charge >= 0.3 is 5.97 Å². The zero-order valence-electron chi connectivity index (χ0n) is 11.6. The van der Waals surface area contributed by atoms with Gasteiger partial charge in [0.05, 0.1) is 21.8 Å². The molecule has 1 N–H and O–H groups in total. The van der Waals surface area contributed by atoms with Gasteiger partial charge < -0.3 is 9.84 Å². The molecule has 0 spiro atoms. The minimum absolute atomic E-state index is 0.0843. The Kier molecular flexibility index (Phi) is 5.06. The van der Waals surface area contributed by atoms with E-state index in [4.69, 9.17) is 4.74 Å². The molecule has 0 heterocycles. The predicted octanol–water partition coefficient (Wildman–Crippen LogP) is 2.88. The lowest BCUT2D eigenvalue weighted by atomic mass is 9.97. The van der Waals surface area contributed by atoms with E-state index < -0.39 is 21.1 Å². The maximum atomic E-state index is 12.8. The molecular formula is C14H17BrO5S. The van der Waals surface area contributed by atoms with Crippen molar-refractivity contribution in [3.8, 4) is 0 Å². The van der Waals surface area contributed by atoms with Gasteiger partial charge in [-0.1, -0.05) is 15.9 Å². The zero-order chi connectivity index (χ0) is 15.6. The second-order valence-electron chi connectivity index (χ2n) is 5.14. The molecule has 0 amide bonds. The summed E-state index contributed by atoms with van der Waals surface area (Å²) in [5.41, 5.74) is -0.183. The topological polar surface area (TPSA) is 80.7 Å². The Bertz CT molecular complexity index is 641. The van der Waals surface area contributed by atoms with Crippen LogP contribution in [0.1, 0.15) is 36.0 Å². The first kappa shape index (κ1) is 16.5. The van der Waals surface area contributed by atoms with Crippen LogP contribution in [0.3, 0.4) is 0 Å². The van der Waals surface area contributed by atoms with E-state index in [9.17, 15) is 18.3 Å². The molecule has 1 saturated carbocycles. The SMILES string of the molecule is COC1CCCC(S(=O)(=O)c2cc(Br)ccc2C(=O)O)C1. The zero-order valence-corrected chi connectivity index (χ0v) is 14.0. The molecule has 1 aliphatic rings. The van der Waals surface area contributed by atoms with Crippen LogP contribution < -0.4 is 0 Å². The fourth-order valence-corrected chi connectivity index (χ4v) is 5.26. The van der Waals surface area contributed by atoms with Gasteiger partial charge in [0.25, 0.3) is 0 Å². The van der Waals surface area contributed by atoms with E-state index in [-0.39, 0.29) is 16.6 Å². The maximum absolute atomic E-state index is 12.8. The molecule has 1 aromatic carbocycles. The van der Waals surface area contributed by atoms with Gasteiger partial charge in [-0.2, -0.15) is 0 Å². The predicted molar refractivity (Wildman–Crippen MR) is 81.3 cm³/mol. The number of hydrogen-bond donors (Lipinski definition) is 1. The molecule has 1 fully saturated rings. The number of carboxylic acids is 1. The van der Waals surface area contributed by atoms with Crippen LogP contribution in [0.5, 0.6) is 0 Å². The number of sulfone groups is 1. The second kappa shape index (κ2) is 6.46. The van der Waals surface area contributed by atoms with Crippen molar-refractivity contribution in [1.82, 2.24) is 0 Å². The number of aromatic carboxylic acids is 1. The molecule has 1 aliphatic carbocycles. The molecule has 0 bridgehead atoms. The summed E-state index contributed by atoms with van der Waals surface area (Å²) < 4.78 is 31.4. The minimum Gasteiger partial charge on any atom is -0.478 e. The molecule has 2 rings (SSSR count). The van der Waals surface area contributed by atoms with Crippen molar-refractivity contribution in [2.24, 2.45) is 0 Å². The summed E-state index contributed by atoms with van der Waals surface area (Å²) in [7, 11) is -2.12. The van der Waals surface area contributed by atoms with Gasteiger partial charge in [0.2, 0.25) is 0 Å². The van der Waals surface area contributed by atoms with E-state index >= 15 is 0 Å². The summed E-state index contributed by atoms with van der Waals surface area (Å²) in [4.78, 5) is 11.2. The summed E-state index contributed by atoms with van der Waals surface area (Å²) in [6.45, 7) is 0. The number of benzene rings is 1. The smallest absolute Gasteiger partial charge is 0.337 e. The van der Waals surface area contributed by atoms with Gasteiger partial charge in [0.1, 0.15) is 0 Å². The Morgan fingerprint density at radius 3 is 2.71 bits per heavy atom. The largest absolute Gasteiger partial charge is 0.478 e. The van der Waals surface area contributed by atoms with Gasteiger partial charge in [0.15, 0.2) is 9.84 Å². The summed E-state index contributed by atoms with van der Waals surface area (Å²) in [6, 6.07) is 4.21. The molecule has 0 saturated heterocycles. The number of carbonyl (C=O) groups is 1. The maximum Gasteiger partial charge on any atom is 0.337 e. The van der Waals surface area contributed by atoms with E-state index in [0.29, 0.717) is 17.3 Å². The summed E-state index contributed by atoms with van der Waals surface area (Å²) in [5, 5.41) is 8.62. The minimum atomic E-state index is -3.69. The van der Waals surface area contributed by atoms with Crippen LogP contribution in [-0.4, -0.2) is 38.0 Å². The van der Waals surface area contributed by atoms with E-state index in [2.05, 4.69) is 15.9 Å². The van der Waals surface area contributed by atoms with Crippen LogP contribution in [0.4, 0.5) is 0 Å². The molecule has 7 heteroatoms. The van der Waals surface area contributed by atoms with Gasteiger partial charge in [-0.25, -0.2) is 13.2 Å². The summed E-state index contributed by atoms with van der Waals surface area (Å²) >= 11 is 3.21. The highest BCUT2D eigenvalue weighted by molar-refractivity contribution is 9.10. The molecule has 0 radical (unpaired) electrons. The van der Waals surface area contributed by atoms with Crippen molar-refractivity contribution in [3.05, 3.63) is 28.2 Å². The Morgan fingerprint density at radius 1 is 1.38 bits per heavy atom. The average molecular weight is 377 g/mol. The molecule has 5 nitrogen and oxygen atoms in total. The Labute approximate surface area is 132 Å². The highest BCUT2D eigenvalue weighted by atomic mass is 79.9. The van der Waals surface area contributed by atoms with Gasteiger partial charge in [-0.05, 0) is 43.9 Å². The van der Waals surface area contributed by atoms with E-state index in [1.807, 2.05) is 0 Å². The third-order valence-corrected chi connectivity index (χ3v) is 6.58. The molecule has 21 heavy (non-hydrogen) atoms. The Balaban J connectivity index is 2.44. The first-order valence-electron chi connectivity index (χ1n) is 6.65. The Hall–Kier alpha value is -0.920. The van der Waals surface area contributed by atoms with Crippen molar-refractivity contribution in [2.45, 2.75) is 41.9 Å². The fraction of sp³-hybridized carbons (Fsp3) is 0.500. The molecule has 1 aromatic rings. The molecule has 0 aromatic heterocycles. The highest BCUT2D eigenvalue weighted by Gasteiger charge is 2.35. The lowest BCUT2D eigenvalue weighted by molar-refractivity contribution is 0.0692. The van der Waals surface area contributed by atoms with Crippen LogP contribution >= 0.6 is 15.9 Å². The van der Waals surface area contributed by atoms with Crippen molar-refractivity contribution in [1.29, 1.82) is 0 Å². The third-order valence-electron chi connectivity index (χ3n) is 3.83. The summed E-state index contributed by atoms with van der Waals surface area (Å²) in [6.07, 6.45) is 2.46. The van der Waals surface area contributed by atoms with Crippen LogP contribution in [0, 0.1) is 0 Å². The quantitative estimate of drug-likeness (QED) is 0.873. The molecule has 2 atom stereocenters. The number of ether oxygens (including phenoxy) is 1. The molecule has 116 valence electrons. The van der Waals surface area contributed by atoms with E-state index in [1.165, 1.54) is 18.2 Å². The average Bonchev–Trinajstić information content (AvgIpc) is 2.46. The number of rotatable bonds is 4. The number of carboxylic acid groups (broad SMARTS) is 1. The lowest BCUT2D eigenvalue weighted by Crippen LogP contribution is -2.32. The van der Waals surface area contributed by atoms with Gasteiger partial charge in [0, 0.05) is 11.6 Å². The van der Waals surface area contributed by atoms with Crippen LogP contribution in [0.15, 0.2) is 27.6 Å². The normalized spacial score (nSPS) is 23.0. The van der Waals surface area contributed by atoms with Crippen LogP contribution in [-0.2, 0) is 14.6 Å². The number of methoxy groups -OCH3 is 1. The van der Waals surface area contributed by atoms with Gasteiger partial charge in [-0.3, -0.25) is 0 Å². The molecule has 2 unspecified atom stereocenters. The fourth-order valence-electron chi connectivity index (χ4n) is 2.69. The number of hydrogen-bond acceptors (Lipinski definition) is 4. The molecular weight excluding hydrogens is 360 g/mol.